The number of ether oxygens (including phenoxy) is 1. The Morgan fingerprint density at radius 2 is 1.77 bits per heavy atom. The van der Waals surface area contributed by atoms with Crippen molar-refractivity contribution in [3.05, 3.63) is 65.5 Å². The van der Waals surface area contributed by atoms with Crippen LogP contribution in [0.2, 0.25) is 0 Å². The Kier molecular flexibility index (Phi) is 6.02. The third-order valence-electron chi connectivity index (χ3n) is 5.93. The van der Waals surface area contributed by atoms with E-state index < -0.39 is 0 Å². The minimum Gasteiger partial charge on any atom is -0.497 e. The van der Waals surface area contributed by atoms with Crippen LogP contribution in [0.3, 0.4) is 0 Å². The fraction of sp³-hybridized carbons (Fsp3) is 0.417. The van der Waals surface area contributed by atoms with E-state index in [2.05, 4.69) is 0 Å². The molecule has 2 fully saturated rings. The zero-order chi connectivity index (χ0) is 21.1. The minimum atomic E-state index is -0.364. The maximum atomic E-state index is 13.4. The minimum absolute atomic E-state index is 0.130. The number of carbonyl (C=O) groups excluding carboxylic acids is 2. The molecule has 0 aromatic heterocycles. The lowest BCUT2D eigenvalue weighted by Gasteiger charge is -2.35. The molecule has 4 rings (SSSR count). The summed E-state index contributed by atoms with van der Waals surface area (Å²) >= 11 is 0. The second kappa shape index (κ2) is 8.86. The molecule has 0 bridgehead atoms. The van der Waals surface area contributed by atoms with Crippen LogP contribution >= 0.6 is 0 Å². The van der Waals surface area contributed by atoms with Crippen LogP contribution in [0.4, 0.5) is 4.39 Å². The first kappa shape index (κ1) is 20.4. The van der Waals surface area contributed by atoms with Crippen LogP contribution in [-0.2, 0) is 11.3 Å². The summed E-state index contributed by atoms with van der Waals surface area (Å²) in [4.78, 5) is 29.9. The summed E-state index contributed by atoms with van der Waals surface area (Å²) in [5.41, 5.74) is 1.54. The molecule has 0 radical (unpaired) electrons. The van der Waals surface area contributed by atoms with Crippen LogP contribution in [0.15, 0.2) is 48.5 Å². The van der Waals surface area contributed by atoms with E-state index in [0.717, 1.165) is 37.0 Å². The van der Waals surface area contributed by atoms with Crippen LogP contribution in [0.1, 0.15) is 41.6 Å². The van der Waals surface area contributed by atoms with Crippen molar-refractivity contribution in [2.45, 2.75) is 38.3 Å². The Morgan fingerprint density at radius 1 is 1.07 bits per heavy atom. The van der Waals surface area contributed by atoms with E-state index in [0.29, 0.717) is 31.2 Å². The molecule has 0 spiro atoms. The Labute approximate surface area is 176 Å². The molecule has 0 N–H and O–H groups in total. The maximum Gasteiger partial charge on any atom is 0.253 e. The molecule has 1 saturated heterocycles. The molecule has 30 heavy (non-hydrogen) atoms. The number of halogens is 1. The zero-order valence-corrected chi connectivity index (χ0v) is 17.2. The van der Waals surface area contributed by atoms with Gasteiger partial charge in [-0.25, -0.2) is 4.39 Å². The van der Waals surface area contributed by atoms with Crippen LogP contribution in [-0.4, -0.2) is 47.9 Å². The first-order chi connectivity index (χ1) is 14.5. The fourth-order valence-corrected chi connectivity index (χ4v) is 4.07. The van der Waals surface area contributed by atoms with Gasteiger partial charge in [0.2, 0.25) is 5.91 Å². The lowest BCUT2D eigenvalue weighted by Crippen LogP contribution is -2.47. The summed E-state index contributed by atoms with van der Waals surface area (Å²) in [6.07, 6.45) is 3.65. The molecule has 5 nitrogen and oxygen atoms in total. The van der Waals surface area contributed by atoms with Crippen molar-refractivity contribution in [3.63, 3.8) is 0 Å². The highest BCUT2D eigenvalue weighted by Gasteiger charge is 2.38. The number of nitrogens with zero attached hydrogens (tertiary/aromatic N) is 2. The number of piperidine rings is 1. The molecular formula is C24H27FN2O3. The molecular weight excluding hydrogens is 383 g/mol. The van der Waals surface area contributed by atoms with E-state index in [1.165, 1.54) is 24.3 Å². The predicted molar refractivity (Wildman–Crippen MR) is 112 cm³/mol. The van der Waals surface area contributed by atoms with Crippen molar-refractivity contribution in [2.24, 2.45) is 5.92 Å². The van der Waals surface area contributed by atoms with E-state index in [9.17, 15) is 14.0 Å². The number of amides is 2. The average molecular weight is 410 g/mol. The number of likely N-dealkylation sites (tertiary alicyclic amines) is 1. The summed E-state index contributed by atoms with van der Waals surface area (Å²) < 4.78 is 18.4. The van der Waals surface area contributed by atoms with E-state index in [4.69, 9.17) is 4.74 Å². The van der Waals surface area contributed by atoms with Gasteiger partial charge in [-0.3, -0.25) is 9.59 Å². The van der Waals surface area contributed by atoms with Crippen molar-refractivity contribution in [2.75, 3.05) is 20.2 Å². The quantitative estimate of drug-likeness (QED) is 0.726. The van der Waals surface area contributed by atoms with Gasteiger partial charge in [0.15, 0.2) is 0 Å². The summed E-state index contributed by atoms with van der Waals surface area (Å²) in [6.45, 7) is 1.62. The van der Waals surface area contributed by atoms with Gasteiger partial charge in [-0.2, -0.15) is 0 Å². The largest absolute Gasteiger partial charge is 0.497 e. The van der Waals surface area contributed by atoms with Crippen LogP contribution in [0.5, 0.6) is 5.75 Å². The highest BCUT2D eigenvalue weighted by Crippen LogP contribution is 2.32. The van der Waals surface area contributed by atoms with Gasteiger partial charge < -0.3 is 14.5 Å². The summed E-state index contributed by atoms with van der Waals surface area (Å²) in [6, 6.07) is 13.7. The molecule has 1 aliphatic carbocycles. The normalized spacial score (nSPS) is 18.7. The summed E-state index contributed by atoms with van der Waals surface area (Å²) in [5, 5.41) is 0. The Hall–Kier alpha value is -2.89. The standard InChI is InChI=1S/C24H27FN2O3/c1-30-22-12-4-17(5-13-22)15-27(21-10-11-21)24(29)19-3-2-14-26(16-19)23(28)18-6-8-20(25)9-7-18/h4-9,12-13,19,21H,2-3,10-11,14-16H2,1H3. The monoisotopic (exact) mass is 410 g/mol. The Morgan fingerprint density at radius 3 is 2.40 bits per heavy atom. The van der Waals surface area contributed by atoms with Gasteiger partial charge >= 0.3 is 0 Å². The van der Waals surface area contributed by atoms with Gasteiger partial charge in [0.25, 0.3) is 5.91 Å². The Bertz CT molecular complexity index is 894. The van der Waals surface area contributed by atoms with E-state index >= 15 is 0 Å². The predicted octanol–water partition coefficient (Wildman–Crippen LogP) is 3.88. The molecule has 2 aromatic rings. The smallest absolute Gasteiger partial charge is 0.253 e. The zero-order valence-electron chi connectivity index (χ0n) is 17.2. The molecule has 1 unspecified atom stereocenters. The van der Waals surface area contributed by atoms with E-state index in [1.54, 1.807) is 12.0 Å². The van der Waals surface area contributed by atoms with E-state index in [-0.39, 0.29) is 23.5 Å². The number of hydrogen-bond acceptors (Lipinski definition) is 3. The summed E-state index contributed by atoms with van der Waals surface area (Å²) in [5.74, 6) is 0.231. The molecule has 6 heteroatoms. The van der Waals surface area contributed by atoms with Crippen molar-refractivity contribution in [1.29, 1.82) is 0 Å². The highest BCUT2D eigenvalue weighted by molar-refractivity contribution is 5.94. The second-order valence-electron chi connectivity index (χ2n) is 8.14. The van der Waals surface area contributed by atoms with Crippen molar-refractivity contribution >= 4 is 11.8 Å². The van der Waals surface area contributed by atoms with Crippen LogP contribution in [0.25, 0.3) is 0 Å². The molecule has 2 amide bonds. The SMILES string of the molecule is COc1ccc(CN(C(=O)C2CCCN(C(=O)c3ccc(F)cc3)C2)C2CC2)cc1. The number of rotatable bonds is 6. The number of benzene rings is 2. The van der Waals surface area contributed by atoms with Crippen molar-refractivity contribution in [1.82, 2.24) is 9.80 Å². The number of hydrogen-bond donors (Lipinski definition) is 0. The maximum absolute atomic E-state index is 13.4. The molecule has 2 aliphatic rings. The van der Waals surface area contributed by atoms with Gasteiger partial charge in [-0.15, -0.1) is 0 Å². The third-order valence-corrected chi connectivity index (χ3v) is 5.93. The Balaban J connectivity index is 1.43. The molecule has 1 aliphatic heterocycles. The lowest BCUT2D eigenvalue weighted by molar-refractivity contribution is -0.138. The van der Waals surface area contributed by atoms with Crippen molar-refractivity contribution in [3.8, 4) is 5.75 Å². The topological polar surface area (TPSA) is 49.9 Å². The molecule has 2 aromatic carbocycles. The second-order valence-corrected chi connectivity index (χ2v) is 8.14. The van der Waals surface area contributed by atoms with Gasteiger partial charge in [0, 0.05) is 31.2 Å². The van der Waals surface area contributed by atoms with Gasteiger partial charge in [-0.1, -0.05) is 12.1 Å². The van der Waals surface area contributed by atoms with E-state index in [1.807, 2.05) is 29.2 Å². The van der Waals surface area contributed by atoms with Crippen LogP contribution in [0, 0.1) is 11.7 Å². The molecule has 158 valence electrons. The van der Waals surface area contributed by atoms with Gasteiger partial charge in [0.05, 0.1) is 13.0 Å². The molecule has 1 atom stereocenters. The van der Waals surface area contributed by atoms with Gasteiger partial charge in [-0.05, 0) is 67.6 Å². The first-order valence-electron chi connectivity index (χ1n) is 10.5. The first-order valence-corrected chi connectivity index (χ1v) is 10.5. The van der Waals surface area contributed by atoms with Gasteiger partial charge in [0.1, 0.15) is 11.6 Å². The third kappa shape index (κ3) is 4.64. The average Bonchev–Trinajstić information content (AvgIpc) is 3.63. The molecule has 1 saturated carbocycles. The summed E-state index contributed by atoms with van der Waals surface area (Å²) in [7, 11) is 1.64. The van der Waals surface area contributed by atoms with Crippen LogP contribution < -0.4 is 4.74 Å². The lowest BCUT2D eigenvalue weighted by atomic mass is 9.95. The number of carbonyl (C=O) groups is 2. The van der Waals surface area contributed by atoms with Crippen molar-refractivity contribution < 1.29 is 18.7 Å². The fourth-order valence-electron chi connectivity index (χ4n) is 4.07. The number of methoxy groups -OCH3 is 1. The highest BCUT2D eigenvalue weighted by atomic mass is 19.1. The molecule has 1 heterocycles.